The number of carboxylic acid groups (broad SMARTS) is 1. The summed E-state index contributed by atoms with van der Waals surface area (Å²) in [6.45, 7) is 3.84. The Morgan fingerprint density at radius 2 is 2.00 bits per heavy atom. The van der Waals surface area contributed by atoms with E-state index in [1.54, 1.807) is 0 Å². The second-order valence-corrected chi connectivity index (χ2v) is 6.51. The Morgan fingerprint density at radius 1 is 1.29 bits per heavy atom. The van der Waals surface area contributed by atoms with Gasteiger partial charge in [0.15, 0.2) is 0 Å². The van der Waals surface area contributed by atoms with Crippen molar-refractivity contribution in [3.8, 4) is 0 Å². The Bertz CT molecular complexity index is 483. The van der Waals surface area contributed by atoms with Gasteiger partial charge in [-0.3, -0.25) is 9.69 Å². The van der Waals surface area contributed by atoms with Crippen molar-refractivity contribution in [3.05, 3.63) is 35.9 Å². The first-order chi connectivity index (χ1) is 10.2. The Balaban J connectivity index is 1.66. The molecule has 2 aliphatic heterocycles. The summed E-state index contributed by atoms with van der Waals surface area (Å²) in [6.07, 6.45) is 3.97. The average Bonchev–Trinajstić information content (AvgIpc) is 2.86. The third kappa shape index (κ3) is 3.27. The fourth-order valence-electron chi connectivity index (χ4n) is 3.86. The number of aliphatic carboxylic acids is 1. The number of nitrogens with one attached hydrogen (secondary N) is 1. The van der Waals surface area contributed by atoms with E-state index in [4.69, 9.17) is 0 Å². The zero-order valence-electron chi connectivity index (χ0n) is 12.4. The molecular weight excluding hydrogens is 264 g/mol. The first-order valence-corrected chi connectivity index (χ1v) is 7.90. The molecule has 2 aliphatic rings. The maximum atomic E-state index is 11.6. The van der Waals surface area contributed by atoms with Crippen LogP contribution in [0.4, 0.5) is 0 Å². The molecule has 2 heterocycles. The largest absolute Gasteiger partial charge is 0.480 e. The van der Waals surface area contributed by atoms with Crippen LogP contribution in [0.5, 0.6) is 0 Å². The first kappa shape index (κ1) is 14.5. The van der Waals surface area contributed by atoms with Crippen molar-refractivity contribution in [3.63, 3.8) is 0 Å². The molecule has 1 aromatic carbocycles. The highest BCUT2D eigenvalue weighted by atomic mass is 16.4. The van der Waals surface area contributed by atoms with Crippen LogP contribution in [0.25, 0.3) is 0 Å². The molecule has 2 fully saturated rings. The molecular formula is C17H24N2O2. The van der Waals surface area contributed by atoms with E-state index >= 15 is 0 Å². The molecule has 0 radical (unpaired) electrons. The average molecular weight is 288 g/mol. The van der Waals surface area contributed by atoms with E-state index in [0.717, 1.165) is 51.9 Å². The minimum absolute atomic E-state index is 0.227. The number of hydrogen-bond donors (Lipinski definition) is 2. The molecule has 0 aliphatic carbocycles. The van der Waals surface area contributed by atoms with Gasteiger partial charge in [0.1, 0.15) is 6.04 Å². The lowest BCUT2D eigenvalue weighted by molar-refractivity contribution is -0.142. The van der Waals surface area contributed by atoms with Crippen molar-refractivity contribution in [1.29, 1.82) is 0 Å². The van der Waals surface area contributed by atoms with Gasteiger partial charge in [0.25, 0.3) is 0 Å². The predicted octanol–water partition coefficient (Wildman–Crippen LogP) is 1.76. The van der Waals surface area contributed by atoms with E-state index in [1.165, 1.54) is 5.56 Å². The van der Waals surface area contributed by atoms with Gasteiger partial charge < -0.3 is 10.4 Å². The summed E-state index contributed by atoms with van der Waals surface area (Å²) in [5.74, 6) is -0.654. The van der Waals surface area contributed by atoms with Crippen molar-refractivity contribution in [2.75, 3.05) is 26.2 Å². The number of piperidine rings is 1. The van der Waals surface area contributed by atoms with Crippen LogP contribution in [-0.4, -0.2) is 48.2 Å². The molecule has 4 heteroatoms. The second-order valence-electron chi connectivity index (χ2n) is 6.51. The van der Waals surface area contributed by atoms with E-state index in [1.807, 2.05) is 18.2 Å². The SMILES string of the molecule is O=C(O)C1CC2(CCNCC2)CN1CCc1ccccc1. The molecule has 4 nitrogen and oxygen atoms in total. The fraction of sp³-hybridized carbons (Fsp3) is 0.588. The van der Waals surface area contributed by atoms with E-state index < -0.39 is 5.97 Å². The second kappa shape index (κ2) is 6.16. The van der Waals surface area contributed by atoms with Gasteiger partial charge in [-0.05, 0) is 49.8 Å². The van der Waals surface area contributed by atoms with Crippen molar-refractivity contribution >= 4 is 5.97 Å². The molecule has 2 N–H and O–H groups in total. The molecule has 0 amide bonds. The van der Waals surface area contributed by atoms with Crippen molar-refractivity contribution in [1.82, 2.24) is 10.2 Å². The van der Waals surface area contributed by atoms with Crippen LogP contribution >= 0.6 is 0 Å². The molecule has 1 aromatic rings. The summed E-state index contributed by atoms with van der Waals surface area (Å²) in [5, 5.41) is 12.9. The zero-order valence-corrected chi connectivity index (χ0v) is 12.4. The predicted molar refractivity (Wildman–Crippen MR) is 82.3 cm³/mol. The quantitative estimate of drug-likeness (QED) is 0.886. The molecule has 0 aromatic heterocycles. The minimum Gasteiger partial charge on any atom is -0.480 e. The normalized spacial score (nSPS) is 25.2. The molecule has 1 spiro atoms. The van der Waals surface area contributed by atoms with Crippen molar-refractivity contribution in [2.24, 2.45) is 5.41 Å². The Kier molecular flexibility index (Phi) is 4.27. The smallest absolute Gasteiger partial charge is 0.320 e. The Hall–Kier alpha value is -1.39. The van der Waals surface area contributed by atoms with Gasteiger partial charge in [-0.25, -0.2) is 0 Å². The number of nitrogens with zero attached hydrogens (tertiary/aromatic N) is 1. The van der Waals surface area contributed by atoms with Crippen LogP contribution in [0, 0.1) is 5.41 Å². The third-order valence-electron chi connectivity index (χ3n) is 5.09. The third-order valence-corrected chi connectivity index (χ3v) is 5.09. The molecule has 1 unspecified atom stereocenters. The van der Waals surface area contributed by atoms with E-state index in [9.17, 15) is 9.90 Å². The van der Waals surface area contributed by atoms with E-state index in [0.29, 0.717) is 0 Å². The maximum Gasteiger partial charge on any atom is 0.320 e. The maximum absolute atomic E-state index is 11.6. The van der Waals surface area contributed by atoms with Gasteiger partial charge >= 0.3 is 5.97 Å². The number of carbonyl (C=O) groups is 1. The van der Waals surface area contributed by atoms with Gasteiger partial charge in [-0.2, -0.15) is 0 Å². The molecule has 2 saturated heterocycles. The van der Waals surface area contributed by atoms with Crippen molar-refractivity contribution < 1.29 is 9.90 Å². The highest BCUT2D eigenvalue weighted by molar-refractivity contribution is 5.74. The summed E-state index contributed by atoms with van der Waals surface area (Å²) < 4.78 is 0. The molecule has 1 atom stereocenters. The standard InChI is InChI=1S/C17H24N2O2/c20-16(21)15-12-17(7-9-18-10-8-17)13-19(15)11-6-14-4-2-1-3-5-14/h1-5,15,18H,6-13H2,(H,20,21). The number of benzene rings is 1. The number of likely N-dealkylation sites (tertiary alicyclic amines) is 1. The van der Waals surface area contributed by atoms with Gasteiger partial charge in [0.05, 0.1) is 0 Å². The topological polar surface area (TPSA) is 52.6 Å². The summed E-state index contributed by atoms with van der Waals surface area (Å²) in [7, 11) is 0. The highest BCUT2D eigenvalue weighted by Crippen LogP contribution is 2.41. The van der Waals surface area contributed by atoms with Gasteiger partial charge in [0, 0.05) is 13.1 Å². The summed E-state index contributed by atoms with van der Waals surface area (Å²) in [5.41, 5.74) is 1.51. The van der Waals surface area contributed by atoms with Crippen molar-refractivity contribution in [2.45, 2.75) is 31.7 Å². The molecule has 3 rings (SSSR count). The molecule has 0 bridgehead atoms. The van der Waals surface area contributed by atoms with E-state index in [-0.39, 0.29) is 11.5 Å². The number of rotatable bonds is 4. The lowest BCUT2D eigenvalue weighted by Crippen LogP contribution is -2.39. The van der Waals surface area contributed by atoms with Crippen LogP contribution in [0.15, 0.2) is 30.3 Å². The van der Waals surface area contributed by atoms with Crippen LogP contribution in [0.3, 0.4) is 0 Å². The molecule has 21 heavy (non-hydrogen) atoms. The lowest BCUT2D eigenvalue weighted by atomic mass is 9.77. The van der Waals surface area contributed by atoms with Crippen LogP contribution in [0.1, 0.15) is 24.8 Å². The minimum atomic E-state index is -0.654. The summed E-state index contributed by atoms with van der Waals surface area (Å²) in [6, 6.07) is 10.0. The molecule has 0 saturated carbocycles. The van der Waals surface area contributed by atoms with Gasteiger partial charge in [0.2, 0.25) is 0 Å². The Morgan fingerprint density at radius 3 is 2.67 bits per heavy atom. The number of hydrogen-bond acceptors (Lipinski definition) is 3. The number of carboxylic acids is 1. The van der Waals surface area contributed by atoms with Crippen LogP contribution in [-0.2, 0) is 11.2 Å². The highest BCUT2D eigenvalue weighted by Gasteiger charge is 2.46. The lowest BCUT2D eigenvalue weighted by Gasteiger charge is -2.33. The van der Waals surface area contributed by atoms with Crippen LogP contribution in [0.2, 0.25) is 0 Å². The fourth-order valence-corrected chi connectivity index (χ4v) is 3.86. The van der Waals surface area contributed by atoms with Gasteiger partial charge in [-0.15, -0.1) is 0 Å². The summed E-state index contributed by atoms with van der Waals surface area (Å²) in [4.78, 5) is 13.8. The Labute approximate surface area is 126 Å². The zero-order chi connectivity index (χ0) is 14.7. The van der Waals surface area contributed by atoms with Crippen LogP contribution < -0.4 is 5.32 Å². The molecule has 114 valence electrons. The monoisotopic (exact) mass is 288 g/mol. The first-order valence-electron chi connectivity index (χ1n) is 7.90. The summed E-state index contributed by atoms with van der Waals surface area (Å²) >= 11 is 0. The van der Waals surface area contributed by atoms with Gasteiger partial charge in [-0.1, -0.05) is 30.3 Å². The van der Waals surface area contributed by atoms with E-state index in [2.05, 4.69) is 22.3 Å².